The number of fused-ring (bicyclic) bond motifs is 1. The Morgan fingerprint density at radius 2 is 1.66 bits per heavy atom. The number of nitrogens with zero attached hydrogens (tertiary/aromatic N) is 3. The number of ether oxygens (including phenoxy) is 1. The number of anilines is 1. The van der Waals surface area contributed by atoms with Crippen LogP contribution in [0.2, 0.25) is 0 Å². The third-order valence-electron chi connectivity index (χ3n) is 8.70. The Balaban J connectivity index is 1.76. The minimum Gasteiger partial charge on any atom is -0.445 e. The number of nitrogens with two attached hydrogens (primary N) is 2. The van der Waals surface area contributed by atoms with Gasteiger partial charge in [-0.3, -0.25) is 19.3 Å². The van der Waals surface area contributed by atoms with E-state index in [4.69, 9.17) is 16.2 Å². The van der Waals surface area contributed by atoms with E-state index in [1.165, 1.54) is 9.80 Å². The lowest BCUT2D eigenvalue weighted by molar-refractivity contribution is -0.142. The van der Waals surface area contributed by atoms with Crippen molar-refractivity contribution < 1.29 is 29.0 Å². The summed E-state index contributed by atoms with van der Waals surface area (Å²) in [6.45, 7) is 7.76. The zero-order chi connectivity index (χ0) is 36.4. The summed E-state index contributed by atoms with van der Waals surface area (Å²) < 4.78 is 5.55. The Labute approximate surface area is 294 Å². The first-order chi connectivity index (χ1) is 23.9. The van der Waals surface area contributed by atoms with E-state index in [0.717, 1.165) is 28.4 Å². The number of rotatable bonds is 16. The molecule has 1 heterocycles. The first kappa shape index (κ1) is 37.9. The molecule has 4 amide bonds. The third kappa shape index (κ3) is 9.60. The SMILES string of the molecule is CCCCN(C(=O)[C@H](CC1=CN(C(=O)[C@H](C)N)CN1c1cccc2ccccc12)NC(=O)OCc1ccccc1)[C@@H](CC(C)C)[C@H](O)C(N)=O. The summed E-state index contributed by atoms with van der Waals surface area (Å²) >= 11 is 0. The average molecular weight is 687 g/mol. The molecular weight excluding hydrogens is 636 g/mol. The zero-order valence-corrected chi connectivity index (χ0v) is 29.3. The molecule has 1 aliphatic heterocycles. The highest BCUT2D eigenvalue weighted by Gasteiger charge is 2.39. The molecule has 3 aromatic carbocycles. The van der Waals surface area contributed by atoms with E-state index in [-0.39, 0.29) is 38.1 Å². The molecule has 3 aromatic rings. The number of unbranched alkanes of at least 4 members (excludes halogenated alkanes) is 1. The lowest BCUT2D eigenvalue weighted by Gasteiger charge is -2.37. The molecule has 268 valence electrons. The molecule has 0 aliphatic carbocycles. The molecule has 0 fully saturated rings. The monoisotopic (exact) mass is 686 g/mol. The zero-order valence-electron chi connectivity index (χ0n) is 29.3. The quantitative estimate of drug-likeness (QED) is 0.174. The molecule has 0 bridgehead atoms. The lowest BCUT2D eigenvalue weighted by atomic mass is 9.95. The average Bonchev–Trinajstić information content (AvgIpc) is 3.52. The number of carbonyl (C=O) groups excluding carboxylic acids is 4. The molecule has 4 atom stereocenters. The van der Waals surface area contributed by atoms with Gasteiger partial charge in [-0.2, -0.15) is 0 Å². The number of alkyl carbamates (subject to hydrolysis) is 1. The predicted molar refractivity (Wildman–Crippen MR) is 193 cm³/mol. The van der Waals surface area contributed by atoms with Crippen LogP contribution >= 0.6 is 0 Å². The highest BCUT2D eigenvalue weighted by molar-refractivity contribution is 5.96. The number of nitrogens with one attached hydrogen (secondary N) is 1. The van der Waals surface area contributed by atoms with Gasteiger partial charge in [0.2, 0.25) is 17.7 Å². The van der Waals surface area contributed by atoms with Gasteiger partial charge in [0.1, 0.15) is 19.3 Å². The van der Waals surface area contributed by atoms with Crippen LogP contribution in [0.1, 0.15) is 58.9 Å². The van der Waals surface area contributed by atoms with E-state index in [0.29, 0.717) is 18.5 Å². The van der Waals surface area contributed by atoms with Crippen LogP contribution in [0.5, 0.6) is 0 Å². The van der Waals surface area contributed by atoms with Crippen molar-refractivity contribution in [2.45, 2.75) is 84.2 Å². The standard InChI is InChI=1S/C38H50N6O6/c1-5-6-19-43(33(20-25(2)3)34(45)35(40)46)37(48)31(41-38(49)50-23-27-13-8-7-9-14-27)21-29-22-42(36(47)26(4)39)24-44(29)32-18-12-16-28-15-10-11-17-30(28)32/h7-18,22,25-26,31,33-34,45H,5-6,19-21,23-24,39H2,1-4H3,(H2,40,46)(H,41,49)/t26-,31-,33-,34-/m0/s1. The first-order valence-electron chi connectivity index (χ1n) is 17.2. The van der Waals surface area contributed by atoms with Crippen LogP contribution in [-0.4, -0.2) is 76.2 Å². The molecule has 12 heteroatoms. The van der Waals surface area contributed by atoms with Gasteiger partial charge in [-0.25, -0.2) is 4.79 Å². The molecule has 0 saturated carbocycles. The summed E-state index contributed by atoms with van der Waals surface area (Å²) in [5, 5.41) is 15.7. The number of benzene rings is 3. The van der Waals surface area contributed by atoms with E-state index in [1.54, 1.807) is 13.1 Å². The topological polar surface area (TPSA) is 172 Å². The molecule has 4 rings (SSSR count). The molecule has 1 aliphatic rings. The smallest absolute Gasteiger partial charge is 0.408 e. The first-order valence-corrected chi connectivity index (χ1v) is 17.2. The maximum Gasteiger partial charge on any atom is 0.408 e. The van der Waals surface area contributed by atoms with Gasteiger partial charge in [0, 0.05) is 30.2 Å². The van der Waals surface area contributed by atoms with Gasteiger partial charge in [0.15, 0.2) is 6.10 Å². The Bertz CT molecular complexity index is 1660. The van der Waals surface area contributed by atoms with Crippen molar-refractivity contribution in [1.82, 2.24) is 15.1 Å². The minimum atomic E-state index is -1.62. The van der Waals surface area contributed by atoms with Crippen molar-refractivity contribution in [2.24, 2.45) is 17.4 Å². The molecule has 0 unspecified atom stereocenters. The summed E-state index contributed by atoms with van der Waals surface area (Å²) in [5.74, 6) is -1.76. The predicted octanol–water partition coefficient (Wildman–Crippen LogP) is 4.21. The van der Waals surface area contributed by atoms with Crippen molar-refractivity contribution in [2.75, 3.05) is 18.1 Å². The van der Waals surface area contributed by atoms with E-state index in [2.05, 4.69) is 5.32 Å². The summed E-state index contributed by atoms with van der Waals surface area (Å²) in [4.78, 5) is 58.5. The van der Waals surface area contributed by atoms with Crippen LogP contribution in [0.25, 0.3) is 10.8 Å². The van der Waals surface area contributed by atoms with E-state index in [1.807, 2.05) is 98.5 Å². The lowest BCUT2D eigenvalue weighted by Crippen LogP contribution is -2.57. The van der Waals surface area contributed by atoms with Gasteiger partial charge in [-0.15, -0.1) is 0 Å². The number of primary amides is 1. The Hall–Kier alpha value is -4.94. The molecule has 0 radical (unpaired) electrons. The Morgan fingerprint density at radius 1 is 0.980 bits per heavy atom. The number of hydrogen-bond acceptors (Lipinski definition) is 8. The molecule has 50 heavy (non-hydrogen) atoms. The highest BCUT2D eigenvalue weighted by atomic mass is 16.5. The number of aliphatic hydroxyl groups excluding tert-OH is 1. The molecule has 6 N–H and O–H groups in total. The van der Waals surface area contributed by atoms with Crippen LogP contribution in [0.15, 0.2) is 84.7 Å². The van der Waals surface area contributed by atoms with Crippen LogP contribution in [0.3, 0.4) is 0 Å². The fourth-order valence-corrected chi connectivity index (χ4v) is 6.15. The van der Waals surface area contributed by atoms with E-state index >= 15 is 0 Å². The van der Waals surface area contributed by atoms with Gasteiger partial charge < -0.3 is 36.4 Å². The van der Waals surface area contributed by atoms with Crippen molar-refractivity contribution in [3.05, 3.63) is 90.3 Å². The molecule has 0 aromatic heterocycles. The Morgan fingerprint density at radius 3 is 2.32 bits per heavy atom. The largest absolute Gasteiger partial charge is 0.445 e. The second kappa shape index (κ2) is 17.6. The fourth-order valence-electron chi connectivity index (χ4n) is 6.15. The third-order valence-corrected chi connectivity index (χ3v) is 8.70. The summed E-state index contributed by atoms with van der Waals surface area (Å²) in [6.07, 6.45) is 0.777. The molecular formula is C38H50N6O6. The van der Waals surface area contributed by atoms with Gasteiger partial charge in [0.25, 0.3) is 0 Å². The second-order valence-electron chi connectivity index (χ2n) is 13.2. The minimum absolute atomic E-state index is 0.00499. The summed E-state index contributed by atoms with van der Waals surface area (Å²) in [6, 6.07) is 19.9. The number of carbonyl (C=O) groups is 4. The van der Waals surface area contributed by atoms with Gasteiger partial charge in [-0.1, -0.05) is 93.9 Å². The normalized spacial score (nSPS) is 15.3. The maximum absolute atomic E-state index is 14.7. The number of amides is 4. The maximum atomic E-state index is 14.7. The summed E-state index contributed by atoms with van der Waals surface area (Å²) in [5.41, 5.74) is 13.7. The molecule has 0 spiro atoms. The summed E-state index contributed by atoms with van der Waals surface area (Å²) in [7, 11) is 0. The highest BCUT2D eigenvalue weighted by Crippen LogP contribution is 2.34. The van der Waals surface area contributed by atoms with Gasteiger partial charge in [-0.05, 0) is 42.7 Å². The van der Waals surface area contributed by atoms with Gasteiger partial charge >= 0.3 is 6.09 Å². The van der Waals surface area contributed by atoms with E-state index < -0.39 is 42.1 Å². The van der Waals surface area contributed by atoms with Crippen molar-refractivity contribution in [1.29, 1.82) is 0 Å². The molecule has 12 nitrogen and oxygen atoms in total. The molecule has 0 saturated heterocycles. The Kier molecular flexibility index (Phi) is 13.4. The van der Waals surface area contributed by atoms with Crippen LogP contribution in [0.4, 0.5) is 10.5 Å². The van der Waals surface area contributed by atoms with Crippen LogP contribution in [0, 0.1) is 5.92 Å². The van der Waals surface area contributed by atoms with Gasteiger partial charge in [0.05, 0.1) is 17.8 Å². The van der Waals surface area contributed by atoms with Crippen molar-refractivity contribution in [3.8, 4) is 0 Å². The van der Waals surface area contributed by atoms with Crippen LogP contribution in [-0.2, 0) is 25.7 Å². The van der Waals surface area contributed by atoms with Crippen molar-refractivity contribution >= 4 is 40.3 Å². The fraction of sp³-hybridized carbons (Fsp3) is 0.421. The van der Waals surface area contributed by atoms with Crippen LogP contribution < -0.4 is 21.7 Å². The second-order valence-corrected chi connectivity index (χ2v) is 13.2. The van der Waals surface area contributed by atoms with Crippen molar-refractivity contribution in [3.63, 3.8) is 0 Å². The number of aliphatic hydroxyl groups is 1. The number of hydrogen-bond donors (Lipinski definition) is 4. The van der Waals surface area contributed by atoms with E-state index in [9.17, 15) is 24.3 Å².